The molecule has 1 aliphatic rings. The fourth-order valence-electron chi connectivity index (χ4n) is 3.07. The van der Waals surface area contributed by atoms with Crippen LogP contribution in [0.5, 0.6) is 17.2 Å². The molecule has 150 valence electrons. The van der Waals surface area contributed by atoms with Crippen molar-refractivity contribution in [1.29, 1.82) is 0 Å². The number of amides is 1. The van der Waals surface area contributed by atoms with Crippen LogP contribution < -0.4 is 14.2 Å². The molecule has 2 aromatic rings. The van der Waals surface area contributed by atoms with Gasteiger partial charge in [-0.3, -0.25) is 4.79 Å². The Morgan fingerprint density at radius 3 is 2.18 bits per heavy atom. The van der Waals surface area contributed by atoms with Gasteiger partial charge in [0.1, 0.15) is 11.0 Å². The van der Waals surface area contributed by atoms with E-state index in [-0.39, 0.29) is 30.3 Å². The predicted octanol–water partition coefficient (Wildman–Crippen LogP) is 1.94. The van der Waals surface area contributed by atoms with Gasteiger partial charge in [-0.15, -0.1) is 0 Å². The Bertz CT molecular complexity index is 949. The number of benzene rings is 2. The van der Waals surface area contributed by atoms with E-state index in [4.69, 9.17) is 14.2 Å². The molecule has 0 N–H and O–H groups in total. The molecular weight excluding hydrogens is 382 g/mol. The number of rotatable bonds is 7. The normalized spacial score (nSPS) is 14.3. The van der Waals surface area contributed by atoms with Gasteiger partial charge in [-0.25, -0.2) is 8.42 Å². The van der Waals surface area contributed by atoms with Crippen LogP contribution in [-0.2, 0) is 21.1 Å². The van der Waals surface area contributed by atoms with Crippen molar-refractivity contribution in [1.82, 2.24) is 4.90 Å². The third kappa shape index (κ3) is 3.91. The molecule has 8 heteroatoms. The molecule has 0 radical (unpaired) electrons. The number of nitrogens with zero attached hydrogens (tertiary/aromatic N) is 1. The summed E-state index contributed by atoms with van der Waals surface area (Å²) < 4.78 is 40.9. The topological polar surface area (TPSA) is 82.1 Å². The SMILES string of the molecule is COc1ccc(S(=O)(=O)C2CN(C(=O)Cc3ccc(OC)c(OC)c3)C2)cc1. The van der Waals surface area contributed by atoms with Crippen LogP contribution in [0.2, 0.25) is 0 Å². The minimum Gasteiger partial charge on any atom is -0.497 e. The molecule has 7 nitrogen and oxygen atoms in total. The zero-order valence-corrected chi connectivity index (χ0v) is 16.9. The Morgan fingerprint density at radius 2 is 1.61 bits per heavy atom. The van der Waals surface area contributed by atoms with Crippen molar-refractivity contribution >= 4 is 15.7 Å². The number of carbonyl (C=O) groups excluding carboxylic acids is 1. The van der Waals surface area contributed by atoms with Crippen molar-refractivity contribution < 1.29 is 27.4 Å². The first kappa shape index (κ1) is 20.0. The molecule has 1 saturated heterocycles. The Labute approximate surface area is 164 Å². The Hall–Kier alpha value is -2.74. The van der Waals surface area contributed by atoms with Gasteiger partial charge in [0.15, 0.2) is 21.3 Å². The van der Waals surface area contributed by atoms with Crippen LogP contribution in [0.25, 0.3) is 0 Å². The van der Waals surface area contributed by atoms with Crippen LogP contribution >= 0.6 is 0 Å². The van der Waals surface area contributed by atoms with E-state index in [2.05, 4.69) is 0 Å². The number of carbonyl (C=O) groups is 1. The maximum Gasteiger partial charge on any atom is 0.227 e. The lowest BCUT2D eigenvalue weighted by Gasteiger charge is -2.38. The fraction of sp³-hybridized carbons (Fsp3) is 0.350. The second kappa shape index (κ2) is 8.10. The zero-order valence-electron chi connectivity index (χ0n) is 16.0. The van der Waals surface area contributed by atoms with Crippen molar-refractivity contribution in [3.8, 4) is 17.2 Å². The van der Waals surface area contributed by atoms with Crippen LogP contribution in [0.1, 0.15) is 5.56 Å². The number of sulfone groups is 1. The average Bonchev–Trinajstić information content (AvgIpc) is 2.66. The summed E-state index contributed by atoms with van der Waals surface area (Å²) in [5.41, 5.74) is 0.782. The molecule has 1 amide bonds. The van der Waals surface area contributed by atoms with Gasteiger partial charge in [0.05, 0.1) is 32.6 Å². The van der Waals surface area contributed by atoms with E-state index in [0.29, 0.717) is 17.2 Å². The first-order valence-corrected chi connectivity index (χ1v) is 10.3. The number of hydrogen-bond donors (Lipinski definition) is 0. The lowest BCUT2D eigenvalue weighted by molar-refractivity contribution is -0.133. The van der Waals surface area contributed by atoms with Gasteiger partial charge in [0, 0.05) is 13.1 Å². The van der Waals surface area contributed by atoms with Crippen molar-refractivity contribution in [2.24, 2.45) is 0 Å². The molecule has 1 heterocycles. The lowest BCUT2D eigenvalue weighted by atomic mass is 10.1. The highest BCUT2D eigenvalue weighted by Gasteiger charge is 2.40. The summed E-state index contributed by atoms with van der Waals surface area (Å²) in [6.07, 6.45) is 0.176. The molecule has 28 heavy (non-hydrogen) atoms. The van der Waals surface area contributed by atoms with Gasteiger partial charge >= 0.3 is 0 Å². The molecule has 0 aliphatic carbocycles. The molecule has 2 aromatic carbocycles. The quantitative estimate of drug-likeness (QED) is 0.700. The molecule has 1 aliphatic heterocycles. The van der Waals surface area contributed by atoms with Crippen LogP contribution in [0.4, 0.5) is 0 Å². The van der Waals surface area contributed by atoms with E-state index in [1.807, 2.05) is 0 Å². The summed E-state index contributed by atoms with van der Waals surface area (Å²) in [6.45, 7) is 0.390. The van der Waals surface area contributed by atoms with Crippen LogP contribution in [0, 0.1) is 0 Å². The maximum atomic E-state index is 12.7. The average molecular weight is 405 g/mol. The third-order valence-electron chi connectivity index (χ3n) is 4.83. The summed E-state index contributed by atoms with van der Waals surface area (Å²) >= 11 is 0. The summed E-state index contributed by atoms with van der Waals surface area (Å²) in [4.78, 5) is 14.3. The molecular formula is C20H23NO6S. The van der Waals surface area contributed by atoms with E-state index in [1.165, 1.54) is 26.4 Å². The first-order valence-electron chi connectivity index (χ1n) is 8.75. The van der Waals surface area contributed by atoms with E-state index < -0.39 is 15.1 Å². The molecule has 0 spiro atoms. The van der Waals surface area contributed by atoms with Crippen LogP contribution in [-0.4, -0.2) is 58.9 Å². The minimum atomic E-state index is -3.47. The second-order valence-electron chi connectivity index (χ2n) is 6.51. The minimum absolute atomic E-state index is 0.117. The van der Waals surface area contributed by atoms with Crippen LogP contribution in [0.3, 0.4) is 0 Å². The van der Waals surface area contributed by atoms with Gasteiger partial charge in [0.2, 0.25) is 5.91 Å². The molecule has 0 bridgehead atoms. The van der Waals surface area contributed by atoms with Crippen molar-refractivity contribution in [2.45, 2.75) is 16.6 Å². The molecule has 1 fully saturated rings. The highest BCUT2D eigenvalue weighted by molar-refractivity contribution is 7.92. The Kier molecular flexibility index (Phi) is 5.79. The summed E-state index contributed by atoms with van der Waals surface area (Å²) in [5, 5.41) is -0.588. The maximum absolute atomic E-state index is 12.7. The monoisotopic (exact) mass is 405 g/mol. The van der Waals surface area contributed by atoms with E-state index in [0.717, 1.165) is 5.56 Å². The zero-order chi connectivity index (χ0) is 20.3. The summed E-state index contributed by atoms with van der Waals surface area (Å²) in [5.74, 6) is 1.62. The highest BCUT2D eigenvalue weighted by Crippen LogP contribution is 2.29. The molecule has 0 atom stereocenters. The van der Waals surface area contributed by atoms with E-state index in [9.17, 15) is 13.2 Å². The number of methoxy groups -OCH3 is 3. The fourth-order valence-corrected chi connectivity index (χ4v) is 4.73. The second-order valence-corrected chi connectivity index (χ2v) is 8.74. The van der Waals surface area contributed by atoms with Crippen molar-refractivity contribution in [2.75, 3.05) is 34.4 Å². The molecule has 0 aromatic heterocycles. The summed E-state index contributed by atoms with van der Waals surface area (Å²) in [7, 11) is 1.14. The van der Waals surface area contributed by atoms with Gasteiger partial charge in [0.25, 0.3) is 0 Å². The largest absolute Gasteiger partial charge is 0.497 e. The molecule has 0 unspecified atom stereocenters. The third-order valence-corrected chi connectivity index (χ3v) is 6.94. The van der Waals surface area contributed by atoms with E-state index in [1.54, 1.807) is 42.3 Å². The first-order chi connectivity index (χ1) is 13.4. The van der Waals surface area contributed by atoms with Crippen molar-refractivity contribution in [3.63, 3.8) is 0 Å². The van der Waals surface area contributed by atoms with Gasteiger partial charge in [-0.2, -0.15) is 0 Å². The highest BCUT2D eigenvalue weighted by atomic mass is 32.2. The Balaban J connectivity index is 1.61. The predicted molar refractivity (Wildman–Crippen MR) is 104 cm³/mol. The van der Waals surface area contributed by atoms with Gasteiger partial charge in [-0.05, 0) is 42.0 Å². The van der Waals surface area contributed by atoms with Crippen molar-refractivity contribution in [3.05, 3.63) is 48.0 Å². The number of hydrogen-bond acceptors (Lipinski definition) is 6. The Morgan fingerprint density at radius 1 is 0.964 bits per heavy atom. The lowest BCUT2D eigenvalue weighted by Crippen LogP contribution is -2.57. The smallest absolute Gasteiger partial charge is 0.227 e. The molecule has 0 saturated carbocycles. The van der Waals surface area contributed by atoms with Gasteiger partial charge in [-0.1, -0.05) is 6.07 Å². The summed E-state index contributed by atoms with van der Waals surface area (Å²) in [6, 6.07) is 11.6. The van der Waals surface area contributed by atoms with Gasteiger partial charge < -0.3 is 19.1 Å². The standard InChI is InChI=1S/C20H23NO6S/c1-25-15-5-7-16(8-6-15)28(23,24)17-12-21(13-17)20(22)11-14-4-9-18(26-2)19(10-14)27-3/h4-10,17H,11-13H2,1-3H3. The van der Waals surface area contributed by atoms with E-state index >= 15 is 0 Å². The number of ether oxygens (including phenoxy) is 3. The molecule has 3 rings (SSSR count). The van der Waals surface area contributed by atoms with Crippen LogP contribution in [0.15, 0.2) is 47.4 Å². The number of likely N-dealkylation sites (tertiary alicyclic amines) is 1.